The average molecular weight is 400 g/mol. The summed E-state index contributed by atoms with van der Waals surface area (Å²) in [6.07, 6.45) is -3.32. The van der Waals surface area contributed by atoms with E-state index in [1.54, 1.807) is 12.1 Å². The SMILES string of the molecule is O=C(Cc1cc(CSc2cccc(C(F)(F)F)c2)on1)NCC1CCOC1. The van der Waals surface area contributed by atoms with Crippen molar-refractivity contribution < 1.29 is 27.2 Å². The fourth-order valence-electron chi connectivity index (χ4n) is 2.65. The molecule has 2 heterocycles. The first-order chi connectivity index (χ1) is 12.9. The van der Waals surface area contributed by atoms with Crippen molar-refractivity contribution in [3.8, 4) is 0 Å². The van der Waals surface area contributed by atoms with Crippen LogP contribution in [-0.4, -0.2) is 30.8 Å². The van der Waals surface area contributed by atoms with Crippen LogP contribution in [0.4, 0.5) is 13.2 Å². The molecule has 1 atom stereocenters. The van der Waals surface area contributed by atoms with Crippen molar-refractivity contribution >= 4 is 17.7 Å². The molecular formula is C18H19F3N2O3S. The van der Waals surface area contributed by atoms with Crippen molar-refractivity contribution in [3.05, 3.63) is 47.3 Å². The van der Waals surface area contributed by atoms with E-state index in [-0.39, 0.29) is 12.3 Å². The van der Waals surface area contributed by atoms with Gasteiger partial charge in [-0.1, -0.05) is 11.2 Å². The molecule has 1 saturated heterocycles. The van der Waals surface area contributed by atoms with Crippen LogP contribution in [0, 0.1) is 5.92 Å². The second-order valence-electron chi connectivity index (χ2n) is 6.31. The van der Waals surface area contributed by atoms with E-state index in [4.69, 9.17) is 9.26 Å². The van der Waals surface area contributed by atoms with Crippen LogP contribution in [0.1, 0.15) is 23.4 Å². The molecule has 1 fully saturated rings. The Kier molecular flexibility index (Phi) is 6.43. The number of aromatic nitrogens is 1. The molecule has 0 radical (unpaired) electrons. The van der Waals surface area contributed by atoms with E-state index in [1.165, 1.54) is 17.8 Å². The molecule has 0 aliphatic carbocycles. The highest BCUT2D eigenvalue weighted by molar-refractivity contribution is 7.98. The lowest BCUT2D eigenvalue weighted by Gasteiger charge is -2.08. The Morgan fingerprint density at radius 2 is 2.19 bits per heavy atom. The van der Waals surface area contributed by atoms with Crippen LogP contribution in [0.2, 0.25) is 0 Å². The van der Waals surface area contributed by atoms with Crippen LogP contribution in [0.25, 0.3) is 0 Å². The summed E-state index contributed by atoms with van der Waals surface area (Å²) in [5, 5.41) is 6.70. The summed E-state index contributed by atoms with van der Waals surface area (Å²) in [7, 11) is 0. The summed E-state index contributed by atoms with van der Waals surface area (Å²) < 4.78 is 48.6. The van der Waals surface area contributed by atoms with Crippen LogP contribution in [-0.2, 0) is 27.9 Å². The lowest BCUT2D eigenvalue weighted by atomic mass is 10.1. The van der Waals surface area contributed by atoms with Crippen molar-refractivity contribution in [2.75, 3.05) is 19.8 Å². The van der Waals surface area contributed by atoms with E-state index < -0.39 is 11.7 Å². The average Bonchev–Trinajstić information content (AvgIpc) is 3.29. The third-order valence-corrected chi connectivity index (χ3v) is 5.12. The van der Waals surface area contributed by atoms with Crippen molar-refractivity contribution in [1.29, 1.82) is 0 Å². The van der Waals surface area contributed by atoms with Gasteiger partial charge in [-0.15, -0.1) is 11.8 Å². The first kappa shape index (κ1) is 19.8. The molecule has 1 aromatic heterocycles. The number of hydrogen-bond acceptors (Lipinski definition) is 5. The van der Waals surface area contributed by atoms with E-state index in [2.05, 4.69) is 10.5 Å². The standard InChI is InChI=1S/C18H19F3N2O3S/c19-18(20,21)13-2-1-3-16(6-13)27-11-15-7-14(23-26-15)8-17(24)22-9-12-4-5-25-10-12/h1-3,6-7,12H,4-5,8-11H2,(H,22,24). The summed E-state index contributed by atoms with van der Waals surface area (Å²) in [6, 6.07) is 6.77. The predicted molar refractivity (Wildman–Crippen MR) is 93.1 cm³/mol. The molecule has 1 amide bonds. The number of nitrogens with one attached hydrogen (secondary N) is 1. The van der Waals surface area contributed by atoms with Crippen LogP contribution < -0.4 is 5.32 Å². The molecule has 1 aromatic carbocycles. The van der Waals surface area contributed by atoms with E-state index in [1.807, 2.05) is 0 Å². The lowest BCUT2D eigenvalue weighted by Crippen LogP contribution is -2.30. The maximum atomic E-state index is 12.7. The number of rotatable bonds is 7. The molecule has 1 aliphatic rings. The zero-order valence-corrected chi connectivity index (χ0v) is 15.2. The minimum Gasteiger partial charge on any atom is -0.381 e. The Balaban J connectivity index is 1.47. The normalized spacial score (nSPS) is 17.2. The number of hydrogen-bond donors (Lipinski definition) is 1. The fourth-order valence-corrected chi connectivity index (χ4v) is 3.48. The third-order valence-electron chi connectivity index (χ3n) is 4.10. The van der Waals surface area contributed by atoms with Crippen molar-refractivity contribution in [2.24, 2.45) is 5.92 Å². The summed E-state index contributed by atoms with van der Waals surface area (Å²) in [4.78, 5) is 12.4. The van der Waals surface area contributed by atoms with Crippen LogP contribution in [0.3, 0.4) is 0 Å². The largest absolute Gasteiger partial charge is 0.416 e. The summed E-state index contributed by atoms with van der Waals surface area (Å²) in [5.41, 5.74) is -0.190. The zero-order chi connectivity index (χ0) is 19.3. The molecule has 0 bridgehead atoms. The highest BCUT2D eigenvalue weighted by Gasteiger charge is 2.30. The second kappa shape index (κ2) is 8.79. The Morgan fingerprint density at radius 1 is 1.33 bits per heavy atom. The molecule has 1 unspecified atom stereocenters. The molecule has 0 spiro atoms. The molecule has 146 valence electrons. The first-order valence-corrected chi connectivity index (χ1v) is 9.47. The number of benzene rings is 1. The van der Waals surface area contributed by atoms with Gasteiger partial charge in [0.25, 0.3) is 0 Å². The molecule has 1 aliphatic heterocycles. The number of carbonyl (C=O) groups is 1. The Morgan fingerprint density at radius 3 is 2.93 bits per heavy atom. The lowest BCUT2D eigenvalue weighted by molar-refractivity contribution is -0.137. The van der Waals surface area contributed by atoms with Gasteiger partial charge in [0.2, 0.25) is 5.91 Å². The van der Waals surface area contributed by atoms with Crippen molar-refractivity contribution in [1.82, 2.24) is 10.5 Å². The number of amides is 1. The van der Waals surface area contributed by atoms with Gasteiger partial charge >= 0.3 is 6.18 Å². The molecule has 1 N–H and O–H groups in total. The van der Waals surface area contributed by atoms with Gasteiger partial charge in [-0.05, 0) is 24.6 Å². The van der Waals surface area contributed by atoms with Crippen LogP contribution in [0.5, 0.6) is 0 Å². The molecule has 9 heteroatoms. The van der Waals surface area contributed by atoms with E-state index in [0.717, 1.165) is 25.2 Å². The Bertz CT molecular complexity index is 773. The van der Waals surface area contributed by atoms with Gasteiger partial charge in [0.1, 0.15) is 5.76 Å². The van der Waals surface area contributed by atoms with Gasteiger partial charge < -0.3 is 14.6 Å². The number of ether oxygens (including phenoxy) is 1. The Hall–Kier alpha value is -2.00. The number of carbonyl (C=O) groups excluding carboxylic acids is 1. The van der Waals surface area contributed by atoms with Crippen molar-refractivity contribution in [2.45, 2.75) is 29.7 Å². The minimum atomic E-state index is -4.37. The van der Waals surface area contributed by atoms with Crippen molar-refractivity contribution in [3.63, 3.8) is 0 Å². The topological polar surface area (TPSA) is 64.4 Å². The predicted octanol–water partition coefficient (Wildman–Crippen LogP) is 3.68. The quantitative estimate of drug-likeness (QED) is 0.719. The smallest absolute Gasteiger partial charge is 0.381 e. The van der Waals surface area contributed by atoms with Gasteiger partial charge in [-0.2, -0.15) is 13.2 Å². The highest BCUT2D eigenvalue weighted by atomic mass is 32.2. The van der Waals surface area contributed by atoms with Crippen LogP contribution in [0.15, 0.2) is 39.8 Å². The number of halogens is 3. The summed E-state index contributed by atoms with van der Waals surface area (Å²) >= 11 is 1.21. The maximum Gasteiger partial charge on any atom is 0.416 e. The number of thioether (sulfide) groups is 1. The molecule has 2 aromatic rings. The third kappa shape index (κ3) is 6.00. The summed E-state index contributed by atoms with van der Waals surface area (Å²) in [6.45, 7) is 1.98. The fraction of sp³-hybridized carbons (Fsp3) is 0.444. The second-order valence-corrected chi connectivity index (χ2v) is 7.36. The van der Waals surface area contributed by atoms with Crippen LogP contribution >= 0.6 is 11.8 Å². The Labute approximate surface area is 158 Å². The van der Waals surface area contributed by atoms with Gasteiger partial charge in [0.05, 0.1) is 30.0 Å². The maximum absolute atomic E-state index is 12.7. The number of alkyl halides is 3. The van der Waals surface area contributed by atoms with E-state index >= 15 is 0 Å². The van der Waals surface area contributed by atoms with Gasteiger partial charge in [0.15, 0.2) is 0 Å². The summed E-state index contributed by atoms with van der Waals surface area (Å²) in [5.74, 6) is 1.04. The van der Waals surface area contributed by atoms with Gasteiger partial charge in [0, 0.05) is 30.0 Å². The number of nitrogens with zero attached hydrogens (tertiary/aromatic N) is 1. The molecular weight excluding hydrogens is 381 g/mol. The zero-order valence-electron chi connectivity index (χ0n) is 14.4. The molecule has 27 heavy (non-hydrogen) atoms. The van der Waals surface area contributed by atoms with E-state index in [9.17, 15) is 18.0 Å². The highest BCUT2D eigenvalue weighted by Crippen LogP contribution is 2.32. The monoisotopic (exact) mass is 400 g/mol. The van der Waals surface area contributed by atoms with Gasteiger partial charge in [-0.3, -0.25) is 4.79 Å². The first-order valence-electron chi connectivity index (χ1n) is 8.49. The minimum absolute atomic E-state index is 0.102. The van der Waals surface area contributed by atoms with E-state index in [0.29, 0.717) is 41.2 Å². The molecule has 5 nitrogen and oxygen atoms in total. The molecule has 3 rings (SSSR count). The van der Waals surface area contributed by atoms with Gasteiger partial charge in [-0.25, -0.2) is 0 Å². The molecule has 0 saturated carbocycles.